The van der Waals surface area contributed by atoms with Crippen LogP contribution >= 0.6 is 27.5 Å². The van der Waals surface area contributed by atoms with Crippen molar-refractivity contribution in [3.63, 3.8) is 0 Å². The molecule has 0 spiro atoms. The number of pyridine rings is 1. The summed E-state index contributed by atoms with van der Waals surface area (Å²) in [6.07, 6.45) is -4.44. The number of halogens is 5. The SMILES string of the molecule is O=C(O)c1ccc(CCn2c(COc3cccc(OC(F)(F)F)c3)c(Br)cc(Cl)c2=O)cc1. The Morgan fingerprint density at radius 3 is 2.39 bits per heavy atom. The van der Waals surface area contributed by atoms with E-state index in [1.54, 1.807) is 12.1 Å². The van der Waals surface area contributed by atoms with Gasteiger partial charge in [-0.05, 0) is 58.2 Å². The zero-order valence-electron chi connectivity index (χ0n) is 16.7. The van der Waals surface area contributed by atoms with E-state index in [1.807, 2.05) is 0 Å². The van der Waals surface area contributed by atoms with Gasteiger partial charge in [0, 0.05) is 17.1 Å². The van der Waals surface area contributed by atoms with Gasteiger partial charge < -0.3 is 19.1 Å². The molecule has 0 fully saturated rings. The molecule has 0 atom stereocenters. The maximum absolute atomic E-state index is 12.7. The first-order valence-corrected chi connectivity index (χ1v) is 10.6. The van der Waals surface area contributed by atoms with Crippen LogP contribution in [0.1, 0.15) is 21.6 Å². The molecule has 1 N–H and O–H groups in total. The Morgan fingerprint density at radius 1 is 1.09 bits per heavy atom. The lowest BCUT2D eigenvalue weighted by Gasteiger charge is -2.17. The topological polar surface area (TPSA) is 77.8 Å². The number of aryl methyl sites for hydroxylation is 1. The smallest absolute Gasteiger partial charge is 0.487 e. The third kappa shape index (κ3) is 6.75. The summed E-state index contributed by atoms with van der Waals surface area (Å²) in [7, 11) is 0. The molecule has 0 unspecified atom stereocenters. The van der Waals surface area contributed by atoms with Crippen molar-refractivity contribution in [3.05, 3.63) is 91.3 Å². The van der Waals surface area contributed by atoms with Gasteiger partial charge in [-0.25, -0.2) is 4.79 Å². The van der Waals surface area contributed by atoms with Crippen molar-refractivity contribution in [2.45, 2.75) is 25.9 Å². The van der Waals surface area contributed by atoms with Crippen LogP contribution in [0.5, 0.6) is 11.5 Å². The average molecular weight is 547 g/mol. The second-order valence-electron chi connectivity index (χ2n) is 6.81. The number of rotatable bonds is 8. The minimum Gasteiger partial charge on any atom is -0.487 e. The van der Waals surface area contributed by atoms with Crippen molar-refractivity contribution in [1.29, 1.82) is 0 Å². The number of carboxylic acids is 1. The van der Waals surface area contributed by atoms with Crippen LogP contribution in [0.3, 0.4) is 0 Å². The molecule has 3 rings (SSSR count). The van der Waals surface area contributed by atoms with Crippen LogP contribution in [0.25, 0.3) is 0 Å². The highest BCUT2D eigenvalue weighted by Crippen LogP contribution is 2.27. The van der Waals surface area contributed by atoms with E-state index in [0.717, 1.165) is 17.7 Å². The van der Waals surface area contributed by atoms with Crippen molar-refractivity contribution in [3.8, 4) is 11.5 Å². The predicted octanol–water partition coefficient (Wildman–Crippen LogP) is 5.68. The summed E-state index contributed by atoms with van der Waals surface area (Å²) in [5.74, 6) is -1.36. The second kappa shape index (κ2) is 10.3. The van der Waals surface area contributed by atoms with Gasteiger partial charge in [-0.2, -0.15) is 0 Å². The molecule has 33 heavy (non-hydrogen) atoms. The normalized spacial score (nSPS) is 11.3. The van der Waals surface area contributed by atoms with Crippen molar-refractivity contribution >= 4 is 33.5 Å². The first kappa shape index (κ1) is 24.7. The molecule has 3 aromatic rings. The zero-order chi connectivity index (χ0) is 24.2. The maximum atomic E-state index is 12.7. The summed E-state index contributed by atoms with van der Waals surface area (Å²) >= 11 is 9.38. The lowest BCUT2D eigenvalue weighted by molar-refractivity contribution is -0.274. The molecule has 174 valence electrons. The van der Waals surface area contributed by atoms with Crippen molar-refractivity contribution in [2.24, 2.45) is 0 Å². The number of nitrogens with zero attached hydrogens (tertiary/aromatic N) is 1. The molecular formula is C22H16BrClF3NO5. The molecule has 0 saturated heterocycles. The lowest BCUT2D eigenvalue weighted by atomic mass is 10.1. The average Bonchev–Trinajstić information content (AvgIpc) is 2.74. The Balaban J connectivity index is 1.80. The molecule has 0 amide bonds. The third-order valence-corrected chi connectivity index (χ3v) is 5.50. The number of aromatic carboxylic acids is 1. The lowest BCUT2D eigenvalue weighted by Crippen LogP contribution is -2.26. The van der Waals surface area contributed by atoms with E-state index in [1.165, 1.54) is 34.9 Å². The second-order valence-corrected chi connectivity index (χ2v) is 8.07. The van der Waals surface area contributed by atoms with Gasteiger partial charge in [0.1, 0.15) is 23.1 Å². The number of hydrogen-bond acceptors (Lipinski definition) is 4. The van der Waals surface area contributed by atoms with Gasteiger partial charge in [0.15, 0.2) is 0 Å². The summed E-state index contributed by atoms with van der Waals surface area (Å²) in [5, 5.41) is 8.98. The predicted molar refractivity (Wildman–Crippen MR) is 118 cm³/mol. The van der Waals surface area contributed by atoms with Crippen LogP contribution in [0.15, 0.2) is 63.9 Å². The largest absolute Gasteiger partial charge is 0.573 e. The Bertz CT molecular complexity index is 1210. The Kier molecular flexibility index (Phi) is 7.70. The fourth-order valence-corrected chi connectivity index (χ4v) is 3.89. The molecule has 0 aliphatic rings. The van der Waals surface area contributed by atoms with Gasteiger partial charge in [0.05, 0.1) is 11.3 Å². The molecule has 2 aromatic carbocycles. The highest BCUT2D eigenvalue weighted by molar-refractivity contribution is 9.10. The molecule has 0 aliphatic heterocycles. The summed E-state index contributed by atoms with van der Waals surface area (Å²) in [5.41, 5.74) is 0.905. The highest BCUT2D eigenvalue weighted by atomic mass is 79.9. The molecular weight excluding hydrogens is 531 g/mol. The van der Waals surface area contributed by atoms with E-state index in [2.05, 4.69) is 20.7 Å². The quantitative estimate of drug-likeness (QED) is 0.393. The fraction of sp³-hybridized carbons (Fsp3) is 0.182. The summed E-state index contributed by atoms with van der Waals surface area (Å²) in [6, 6.07) is 12.7. The molecule has 0 bridgehead atoms. The number of aromatic nitrogens is 1. The molecule has 11 heteroatoms. The highest BCUT2D eigenvalue weighted by Gasteiger charge is 2.31. The molecule has 6 nitrogen and oxygen atoms in total. The zero-order valence-corrected chi connectivity index (χ0v) is 19.1. The Labute approximate surface area is 199 Å². The summed E-state index contributed by atoms with van der Waals surface area (Å²) in [6.45, 7) is 0.0702. The van der Waals surface area contributed by atoms with Gasteiger partial charge in [-0.15, -0.1) is 13.2 Å². The number of alkyl halides is 3. The standard InChI is InChI=1S/C22H16BrClF3NO5/c23-17-11-18(24)20(29)28(9-8-13-4-6-14(7-5-13)21(30)31)19(17)12-32-15-2-1-3-16(10-15)33-22(25,26)27/h1-7,10-11H,8-9,12H2,(H,30,31). The van der Waals surface area contributed by atoms with E-state index in [-0.39, 0.29) is 29.5 Å². The van der Waals surface area contributed by atoms with Crippen LogP contribution < -0.4 is 15.0 Å². The van der Waals surface area contributed by atoms with Gasteiger partial charge in [-0.3, -0.25) is 4.79 Å². The summed E-state index contributed by atoms with van der Waals surface area (Å²) < 4.78 is 48.7. The van der Waals surface area contributed by atoms with Crippen LogP contribution in [-0.2, 0) is 19.6 Å². The van der Waals surface area contributed by atoms with Crippen molar-refractivity contribution in [1.82, 2.24) is 4.57 Å². The molecule has 1 heterocycles. The molecule has 0 aliphatic carbocycles. The fourth-order valence-electron chi connectivity index (χ4n) is 2.99. The van der Waals surface area contributed by atoms with Gasteiger partial charge in [0.2, 0.25) is 0 Å². The van der Waals surface area contributed by atoms with E-state index in [4.69, 9.17) is 21.4 Å². The maximum Gasteiger partial charge on any atom is 0.573 e. The van der Waals surface area contributed by atoms with Crippen molar-refractivity contribution < 1.29 is 32.5 Å². The number of benzene rings is 2. The van der Waals surface area contributed by atoms with Crippen LogP contribution in [0.4, 0.5) is 13.2 Å². The minimum absolute atomic E-state index is 0.0209. The van der Waals surface area contributed by atoms with E-state index >= 15 is 0 Å². The van der Waals surface area contributed by atoms with E-state index in [9.17, 15) is 22.8 Å². The molecule has 0 radical (unpaired) electrons. The summed E-state index contributed by atoms with van der Waals surface area (Å²) in [4.78, 5) is 23.7. The Morgan fingerprint density at radius 2 is 1.76 bits per heavy atom. The van der Waals surface area contributed by atoms with Crippen LogP contribution in [-0.4, -0.2) is 22.0 Å². The van der Waals surface area contributed by atoms with Gasteiger partial charge >= 0.3 is 12.3 Å². The first-order valence-electron chi connectivity index (χ1n) is 9.42. The van der Waals surface area contributed by atoms with Crippen LogP contribution in [0, 0.1) is 0 Å². The van der Waals surface area contributed by atoms with Crippen molar-refractivity contribution in [2.75, 3.05) is 0 Å². The number of hydrogen-bond donors (Lipinski definition) is 1. The number of ether oxygens (including phenoxy) is 2. The number of carboxylic acid groups (broad SMARTS) is 1. The van der Waals surface area contributed by atoms with Gasteiger partial charge in [-0.1, -0.05) is 29.8 Å². The monoisotopic (exact) mass is 545 g/mol. The first-order chi connectivity index (χ1) is 15.5. The van der Waals surface area contributed by atoms with Crippen LogP contribution in [0.2, 0.25) is 5.02 Å². The number of carbonyl (C=O) groups is 1. The molecule has 1 aromatic heterocycles. The third-order valence-electron chi connectivity index (χ3n) is 4.54. The van der Waals surface area contributed by atoms with Gasteiger partial charge in [0.25, 0.3) is 5.56 Å². The Hall–Kier alpha value is -2.98. The molecule has 0 saturated carbocycles. The van der Waals surface area contributed by atoms with E-state index in [0.29, 0.717) is 16.6 Å². The van der Waals surface area contributed by atoms with E-state index < -0.39 is 23.6 Å². The minimum atomic E-state index is -4.83.